The molecule has 1 N–H and O–H groups in total. The summed E-state index contributed by atoms with van der Waals surface area (Å²) in [6, 6.07) is 4.50. The summed E-state index contributed by atoms with van der Waals surface area (Å²) in [5.41, 5.74) is 0.0756. The highest BCUT2D eigenvalue weighted by Gasteiger charge is 2.30. The van der Waals surface area contributed by atoms with Crippen LogP contribution in [0.25, 0.3) is 11.4 Å². The van der Waals surface area contributed by atoms with Gasteiger partial charge in [-0.2, -0.15) is 18.3 Å². The molecule has 0 aliphatic heterocycles. The zero-order valence-electron chi connectivity index (χ0n) is 15.1. The van der Waals surface area contributed by atoms with Gasteiger partial charge in [0.25, 0.3) is 0 Å². The lowest BCUT2D eigenvalue weighted by Gasteiger charge is -2.09. The molecule has 0 bridgehead atoms. The number of aromatic nitrogens is 5. The number of thioether (sulfide) groups is 1. The van der Waals surface area contributed by atoms with E-state index in [-0.39, 0.29) is 11.4 Å². The van der Waals surface area contributed by atoms with Crippen LogP contribution in [0.3, 0.4) is 0 Å². The summed E-state index contributed by atoms with van der Waals surface area (Å²) in [6.45, 7) is 2.70. The maximum absolute atomic E-state index is 12.7. The molecule has 0 saturated heterocycles. The quantitative estimate of drug-likeness (QED) is 0.630. The van der Waals surface area contributed by atoms with Gasteiger partial charge >= 0.3 is 6.18 Å². The molecule has 0 atom stereocenters. The molecule has 7 nitrogen and oxygen atoms in total. The second-order valence-electron chi connectivity index (χ2n) is 5.87. The third kappa shape index (κ3) is 4.53. The van der Waals surface area contributed by atoms with Crippen LogP contribution < -0.4 is 5.32 Å². The van der Waals surface area contributed by atoms with Gasteiger partial charge in [0, 0.05) is 25.5 Å². The van der Waals surface area contributed by atoms with Gasteiger partial charge < -0.3 is 9.88 Å². The number of halogens is 3. The van der Waals surface area contributed by atoms with E-state index in [1.807, 2.05) is 13.1 Å². The van der Waals surface area contributed by atoms with Gasteiger partial charge in [0.2, 0.25) is 5.91 Å². The Kier molecular flexibility index (Phi) is 5.73. The fraction of sp³-hybridized carbons (Fsp3) is 0.294. The number of rotatable bonds is 6. The van der Waals surface area contributed by atoms with Crippen molar-refractivity contribution in [2.45, 2.75) is 24.8 Å². The van der Waals surface area contributed by atoms with Gasteiger partial charge in [-0.3, -0.25) is 9.48 Å². The molecule has 2 aromatic heterocycles. The first-order valence-electron chi connectivity index (χ1n) is 8.30. The molecule has 1 aromatic carbocycles. The number of aryl methyl sites for hydroxylation is 1. The zero-order chi connectivity index (χ0) is 20.3. The van der Waals surface area contributed by atoms with Crippen LogP contribution in [0.5, 0.6) is 0 Å². The number of alkyl halides is 3. The van der Waals surface area contributed by atoms with E-state index in [9.17, 15) is 18.0 Å². The van der Waals surface area contributed by atoms with Crippen LogP contribution in [0.4, 0.5) is 18.9 Å². The number of benzene rings is 1. The van der Waals surface area contributed by atoms with Crippen molar-refractivity contribution in [1.29, 1.82) is 0 Å². The maximum atomic E-state index is 12.7. The molecule has 0 saturated carbocycles. The summed E-state index contributed by atoms with van der Waals surface area (Å²) in [5.74, 6) is 0.157. The number of hydrogen-bond acceptors (Lipinski definition) is 5. The molecule has 148 valence electrons. The third-order valence-corrected chi connectivity index (χ3v) is 4.88. The Hall–Kier alpha value is -2.82. The molecule has 3 rings (SSSR count). The third-order valence-electron chi connectivity index (χ3n) is 3.86. The van der Waals surface area contributed by atoms with E-state index >= 15 is 0 Å². The Morgan fingerprint density at radius 2 is 2.07 bits per heavy atom. The smallest absolute Gasteiger partial charge is 0.325 e. The van der Waals surface area contributed by atoms with Gasteiger partial charge in [-0.05, 0) is 25.1 Å². The predicted molar refractivity (Wildman–Crippen MR) is 98.7 cm³/mol. The zero-order valence-corrected chi connectivity index (χ0v) is 15.9. The van der Waals surface area contributed by atoms with Gasteiger partial charge in [0.15, 0.2) is 11.0 Å². The highest BCUT2D eigenvalue weighted by Crippen LogP contribution is 2.30. The molecule has 0 aliphatic rings. The minimum atomic E-state index is -4.46. The molecular weight excluding hydrogens is 393 g/mol. The monoisotopic (exact) mass is 410 g/mol. The largest absolute Gasteiger partial charge is 0.416 e. The maximum Gasteiger partial charge on any atom is 0.416 e. The van der Waals surface area contributed by atoms with Crippen molar-refractivity contribution in [1.82, 2.24) is 24.5 Å². The number of anilines is 1. The van der Waals surface area contributed by atoms with E-state index in [4.69, 9.17) is 0 Å². The average Bonchev–Trinajstić information content (AvgIpc) is 3.26. The summed E-state index contributed by atoms with van der Waals surface area (Å²) in [6.07, 6.45) is -0.933. The lowest BCUT2D eigenvalue weighted by molar-refractivity contribution is -0.137. The molecular formula is C17H17F3N6OS. The molecule has 3 aromatic rings. The van der Waals surface area contributed by atoms with E-state index in [2.05, 4.69) is 20.6 Å². The van der Waals surface area contributed by atoms with Crippen molar-refractivity contribution in [3.05, 3.63) is 42.2 Å². The van der Waals surface area contributed by atoms with Crippen LogP contribution in [0.1, 0.15) is 12.5 Å². The van der Waals surface area contributed by atoms with Crippen LogP contribution in [-0.2, 0) is 24.6 Å². The lowest BCUT2D eigenvalue weighted by Crippen LogP contribution is -2.15. The lowest BCUT2D eigenvalue weighted by atomic mass is 10.2. The van der Waals surface area contributed by atoms with Crippen molar-refractivity contribution < 1.29 is 18.0 Å². The molecule has 0 fully saturated rings. The number of carbonyl (C=O) groups excluding carboxylic acids is 1. The Bertz CT molecular complexity index is 981. The summed E-state index contributed by atoms with van der Waals surface area (Å²) in [4.78, 5) is 12.1. The average molecular weight is 410 g/mol. The van der Waals surface area contributed by atoms with E-state index < -0.39 is 17.6 Å². The SMILES string of the molecule is CCn1cc(-c2nnc(SCC(=O)Nc3cccc(C(F)(F)F)c3)n2C)cn1. The second kappa shape index (κ2) is 8.05. The topological polar surface area (TPSA) is 77.6 Å². The molecule has 0 aliphatic carbocycles. The number of hydrogen-bond donors (Lipinski definition) is 1. The summed E-state index contributed by atoms with van der Waals surface area (Å²) in [5, 5.41) is 15.3. The number of nitrogens with zero attached hydrogens (tertiary/aromatic N) is 5. The van der Waals surface area contributed by atoms with Gasteiger partial charge in [-0.1, -0.05) is 17.8 Å². The molecule has 28 heavy (non-hydrogen) atoms. The van der Waals surface area contributed by atoms with Gasteiger partial charge in [-0.15, -0.1) is 10.2 Å². The second-order valence-corrected chi connectivity index (χ2v) is 6.81. The summed E-state index contributed by atoms with van der Waals surface area (Å²) >= 11 is 1.14. The van der Waals surface area contributed by atoms with Gasteiger partial charge in [-0.25, -0.2) is 0 Å². The Morgan fingerprint density at radius 1 is 1.29 bits per heavy atom. The van der Waals surface area contributed by atoms with E-state index in [1.54, 1.807) is 22.5 Å². The Morgan fingerprint density at radius 3 is 2.75 bits per heavy atom. The normalized spacial score (nSPS) is 11.6. The number of amides is 1. The minimum Gasteiger partial charge on any atom is -0.325 e. The van der Waals surface area contributed by atoms with Crippen LogP contribution in [0.15, 0.2) is 41.8 Å². The molecule has 1 amide bonds. The molecule has 2 heterocycles. The van der Waals surface area contributed by atoms with Crippen LogP contribution >= 0.6 is 11.8 Å². The van der Waals surface area contributed by atoms with Crippen LogP contribution in [0.2, 0.25) is 0 Å². The van der Waals surface area contributed by atoms with Crippen molar-refractivity contribution in [2.24, 2.45) is 7.05 Å². The van der Waals surface area contributed by atoms with E-state index in [1.165, 1.54) is 12.1 Å². The molecule has 0 unspecified atom stereocenters. The molecule has 0 radical (unpaired) electrons. The van der Waals surface area contributed by atoms with Crippen molar-refractivity contribution in [2.75, 3.05) is 11.1 Å². The molecule has 11 heteroatoms. The fourth-order valence-corrected chi connectivity index (χ4v) is 3.16. The Balaban J connectivity index is 1.62. The van der Waals surface area contributed by atoms with Crippen molar-refractivity contribution in [3.8, 4) is 11.4 Å². The fourth-order valence-electron chi connectivity index (χ4n) is 2.44. The van der Waals surface area contributed by atoms with Gasteiger partial charge in [0.05, 0.1) is 23.1 Å². The number of nitrogens with one attached hydrogen (secondary N) is 1. The van der Waals surface area contributed by atoms with Crippen LogP contribution in [-0.4, -0.2) is 36.2 Å². The predicted octanol–water partition coefficient (Wildman–Crippen LogP) is 3.45. The number of carbonyl (C=O) groups is 1. The first kappa shape index (κ1) is 19.9. The summed E-state index contributed by atoms with van der Waals surface area (Å²) in [7, 11) is 1.77. The Labute approximate surface area is 163 Å². The standard InChI is InChI=1S/C17H17F3N6OS/c1-3-26-9-11(8-21-26)15-23-24-16(25(15)2)28-10-14(27)22-13-6-4-5-12(7-13)17(18,19)20/h4-9H,3,10H2,1-2H3,(H,22,27). The van der Waals surface area contributed by atoms with Crippen molar-refractivity contribution in [3.63, 3.8) is 0 Å². The van der Waals surface area contributed by atoms with Gasteiger partial charge in [0.1, 0.15) is 0 Å². The highest BCUT2D eigenvalue weighted by atomic mass is 32.2. The minimum absolute atomic E-state index is 0.0174. The van der Waals surface area contributed by atoms with Crippen molar-refractivity contribution >= 4 is 23.4 Å². The first-order valence-corrected chi connectivity index (χ1v) is 9.28. The van der Waals surface area contributed by atoms with Crippen LogP contribution in [0, 0.1) is 0 Å². The van der Waals surface area contributed by atoms with E-state index in [0.29, 0.717) is 11.0 Å². The molecule has 0 spiro atoms. The highest BCUT2D eigenvalue weighted by molar-refractivity contribution is 7.99. The summed E-state index contributed by atoms with van der Waals surface area (Å²) < 4.78 is 41.7. The van der Waals surface area contributed by atoms with E-state index in [0.717, 1.165) is 36.0 Å². The first-order chi connectivity index (χ1) is 13.3.